The molecule has 0 aliphatic carbocycles. The van der Waals surface area contributed by atoms with Crippen molar-refractivity contribution in [3.05, 3.63) is 0 Å². The van der Waals surface area contributed by atoms with Gasteiger partial charge in [0.2, 0.25) is 16.7 Å². The van der Waals surface area contributed by atoms with Crippen LogP contribution in [0.15, 0.2) is 0 Å². The number of nitrogens with one attached hydrogen (secondary N) is 1. The van der Waals surface area contributed by atoms with Crippen LogP contribution in [0.25, 0.3) is 0 Å². The van der Waals surface area contributed by atoms with Crippen molar-refractivity contribution in [3.8, 4) is 0 Å². The topological polar surface area (TPSA) is 102 Å². The van der Waals surface area contributed by atoms with Crippen LogP contribution in [0, 0.1) is 5.92 Å². The zero-order valence-corrected chi connectivity index (χ0v) is 21.7. The molecule has 2 N–H and O–H groups in total. The predicted octanol–water partition coefficient (Wildman–Crippen LogP) is 4.59. The fourth-order valence-corrected chi connectivity index (χ4v) is 4.25. The molecule has 1 aliphatic heterocycles. The molecule has 1 rings (SSSR count). The molecule has 0 aromatic carbocycles. The van der Waals surface area contributed by atoms with Crippen LogP contribution >= 0.6 is 0 Å². The number of nitrogens with zero attached hydrogens (tertiary/aromatic N) is 1. The number of aliphatic hydroxyl groups excluding tert-OH is 1. The summed E-state index contributed by atoms with van der Waals surface area (Å²) in [5.74, 6) is 0.577. The van der Waals surface area contributed by atoms with Gasteiger partial charge in [0.25, 0.3) is 0 Å². The zero-order chi connectivity index (χ0) is 24.1. The van der Waals surface area contributed by atoms with Crippen LogP contribution in [-0.2, 0) is 14.6 Å². The van der Waals surface area contributed by atoms with E-state index >= 15 is 0 Å². The molecule has 0 saturated heterocycles. The lowest BCUT2D eigenvalue weighted by Gasteiger charge is -2.22. The largest absolute Gasteiger partial charge is 0.726 e. The molecule has 0 radical (unpaired) electrons. The lowest BCUT2D eigenvalue weighted by atomic mass is 9.93. The highest BCUT2D eigenvalue weighted by atomic mass is 32.3. The molecule has 2 atom stereocenters. The summed E-state index contributed by atoms with van der Waals surface area (Å²) in [6.45, 7) is 7.10. The van der Waals surface area contributed by atoms with Gasteiger partial charge in [0.05, 0.1) is 13.2 Å². The van der Waals surface area contributed by atoms with Crippen LogP contribution in [-0.4, -0.2) is 61.8 Å². The van der Waals surface area contributed by atoms with Crippen LogP contribution in [0.3, 0.4) is 0 Å². The minimum absolute atomic E-state index is 0.317. The van der Waals surface area contributed by atoms with Gasteiger partial charge in [-0.3, -0.25) is 14.1 Å². The second-order valence-corrected chi connectivity index (χ2v) is 10.1. The summed E-state index contributed by atoms with van der Waals surface area (Å²) in [6.07, 6.45) is 22.8. The van der Waals surface area contributed by atoms with Crippen molar-refractivity contribution in [2.24, 2.45) is 5.92 Å². The van der Waals surface area contributed by atoms with E-state index in [-0.39, 0.29) is 0 Å². The first-order valence-electron chi connectivity index (χ1n) is 12.8. The summed E-state index contributed by atoms with van der Waals surface area (Å²) in [7, 11) is -3.60. The fourth-order valence-electron chi connectivity index (χ4n) is 4.25. The summed E-state index contributed by atoms with van der Waals surface area (Å²) >= 11 is 0. The summed E-state index contributed by atoms with van der Waals surface area (Å²) < 4.78 is 33.5. The van der Waals surface area contributed by atoms with Crippen molar-refractivity contribution < 1.29 is 26.8 Å². The minimum atomic E-state index is -4.41. The third-order valence-corrected chi connectivity index (χ3v) is 6.65. The molecule has 0 bridgehead atoms. The molecule has 1 heterocycles. The zero-order valence-electron chi connectivity index (χ0n) is 20.9. The van der Waals surface area contributed by atoms with Crippen LogP contribution in [0.1, 0.15) is 110 Å². The Kier molecular flexibility index (Phi) is 20.4. The smallest absolute Gasteiger partial charge is 0.232 e. The molecular weight excluding hydrogens is 428 g/mol. The monoisotopic (exact) mass is 478 g/mol. The van der Waals surface area contributed by atoms with Gasteiger partial charge in [-0.05, 0) is 25.2 Å². The van der Waals surface area contributed by atoms with Crippen LogP contribution < -0.4 is 5.32 Å². The SMILES string of the molecule is CCCCCCCCCCCCCCCC(C(C)CCO)[N+]1=CNCC1.COS(=O)(=O)[O-]. The Hall–Kier alpha value is -0.700. The second-order valence-electron chi connectivity index (χ2n) is 8.98. The number of rotatable bonds is 19. The lowest BCUT2D eigenvalue weighted by molar-refractivity contribution is -0.563. The molecule has 2 unspecified atom stereocenters. The molecule has 0 aromatic rings. The highest BCUT2D eigenvalue weighted by Gasteiger charge is 2.25. The minimum Gasteiger partial charge on any atom is -0.726 e. The Morgan fingerprint density at radius 3 is 1.81 bits per heavy atom. The molecule has 1 aliphatic rings. The van der Waals surface area contributed by atoms with Crippen LogP contribution in [0.2, 0.25) is 0 Å². The number of hydrogen-bond donors (Lipinski definition) is 2. The van der Waals surface area contributed by atoms with Gasteiger partial charge in [-0.15, -0.1) is 0 Å². The van der Waals surface area contributed by atoms with Crippen molar-refractivity contribution >= 4 is 16.7 Å². The standard InChI is InChI=1S/C23H46N2O.CH4O4S/c1-3-4-5-6-7-8-9-10-11-12-13-14-15-16-23(22(2)17-20-26)25-19-18-24-21-25;1-5-6(2,3)4/h21-23,26H,3-20H2,1-2H3;1H3,(H,2,3,4). The molecule has 0 aromatic heterocycles. The van der Waals surface area contributed by atoms with Crippen molar-refractivity contribution in [1.82, 2.24) is 5.32 Å². The quantitative estimate of drug-likeness (QED) is 0.122. The van der Waals surface area contributed by atoms with Crippen molar-refractivity contribution in [2.75, 3.05) is 26.8 Å². The number of hydrogen-bond acceptors (Lipinski definition) is 6. The van der Waals surface area contributed by atoms with E-state index in [1.54, 1.807) is 0 Å². The van der Waals surface area contributed by atoms with Gasteiger partial charge in [0, 0.05) is 6.61 Å². The fraction of sp³-hybridized carbons (Fsp3) is 0.958. The average molecular weight is 479 g/mol. The van der Waals surface area contributed by atoms with Crippen LogP contribution in [0.5, 0.6) is 0 Å². The first-order valence-corrected chi connectivity index (χ1v) is 14.1. The molecule has 8 heteroatoms. The molecule has 0 fully saturated rings. The van der Waals surface area contributed by atoms with Crippen molar-refractivity contribution in [1.29, 1.82) is 0 Å². The Labute approximate surface area is 198 Å². The van der Waals surface area contributed by atoms with Gasteiger partial charge in [-0.2, -0.15) is 0 Å². The van der Waals surface area contributed by atoms with Crippen molar-refractivity contribution in [3.63, 3.8) is 0 Å². The van der Waals surface area contributed by atoms with Crippen molar-refractivity contribution in [2.45, 2.75) is 116 Å². The van der Waals surface area contributed by atoms with E-state index < -0.39 is 10.4 Å². The molecule has 0 amide bonds. The van der Waals surface area contributed by atoms with E-state index in [1.165, 1.54) is 89.9 Å². The van der Waals surface area contributed by atoms with Gasteiger partial charge in [0.15, 0.2) is 0 Å². The highest BCUT2D eigenvalue weighted by Crippen LogP contribution is 2.19. The Morgan fingerprint density at radius 2 is 1.44 bits per heavy atom. The molecular formula is C24H50N2O5S. The predicted molar refractivity (Wildman–Crippen MR) is 131 cm³/mol. The van der Waals surface area contributed by atoms with E-state index in [2.05, 4.69) is 34.3 Å². The first-order chi connectivity index (χ1) is 15.4. The Bertz CT molecular complexity index is 555. The van der Waals surface area contributed by atoms with E-state index in [0.29, 0.717) is 18.6 Å². The molecule has 7 nitrogen and oxygen atoms in total. The van der Waals surface area contributed by atoms with Gasteiger partial charge < -0.3 is 9.66 Å². The molecule has 192 valence electrons. The third-order valence-electron chi connectivity index (χ3n) is 6.25. The first kappa shape index (κ1) is 31.3. The van der Waals surface area contributed by atoms with Gasteiger partial charge in [-0.1, -0.05) is 90.9 Å². The molecule has 32 heavy (non-hydrogen) atoms. The normalized spacial score (nSPS) is 15.5. The van der Waals surface area contributed by atoms with E-state index in [0.717, 1.165) is 26.6 Å². The Morgan fingerprint density at radius 1 is 0.969 bits per heavy atom. The highest BCUT2D eigenvalue weighted by molar-refractivity contribution is 7.80. The van der Waals surface area contributed by atoms with Crippen LogP contribution in [0.4, 0.5) is 0 Å². The lowest BCUT2D eigenvalue weighted by Crippen LogP contribution is -2.32. The summed E-state index contributed by atoms with van der Waals surface area (Å²) in [4.78, 5) is 0. The van der Waals surface area contributed by atoms with E-state index in [1.807, 2.05) is 0 Å². The summed E-state index contributed by atoms with van der Waals surface area (Å²) in [6, 6.07) is 0.602. The Balaban J connectivity index is 0.00000140. The maximum Gasteiger partial charge on any atom is 0.232 e. The molecule has 0 spiro atoms. The van der Waals surface area contributed by atoms with E-state index in [4.69, 9.17) is 0 Å². The summed E-state index contributed by atoms with van der Waals surface area (Å²) in [5, 5.41) is 12.6. The van der Waals surface area contributed by atoms with Gasteiger partial charge >= 0.3 is 0 Å². The number of aliphatic hydroxyl groups is 1. The number of unbranched alkanes of at least 4 members (excludes halogenated alkanes) is 12. The average Bonchev–Trinajstić information content (AvgIpc) is 3.28. The maximum absolute atomic E-state index is 9.27. The molecule has 0 saturated carbocycles. The summed E-state index contributed by atoms with van der Waals surface area (Å²) in [5.41, 5.74) is 0. The van der Waals surface area contributed by atoms with Gasteiger partial charge in [-0.25, -0.2) is 8.42 Å². The van der Waals surface area contributed by atoms with E-state index in [9.17, 15) is 18.1 Å². The third kappa shape index (κ3) is 18.8. The maximum atomic E-state index is 9.27. The second kappa shape index (κ2) is 20.9. The van der Waals surface area contributed by atoms with Gasteiger partial charge in [0.1, 0.15) is 13.1 Å².